The van der Waals surface area contributed by atoms with Crippen LogP contribution in [0, 0.1) is 0 Å². The van der Waals surface area contributed by atoms with Gasteiger partial charge in [-0.15, -0.1) is 5.11 Å². The molecule has 0 saturated carbocycles. The van der Waals surface area contributed by atoms with Gasteiger partial charge in [-0.1, -0.05) is 46.3 Å². The second kappa shape index (κ2) is 5.88. The van der Waals surface area contributed by atoms with Crippen LogP contribution in [-0.4, -0.2) is 10.2 Å². The number of aromatic amines is 2. The van der Waals surface area contributed by atoms with Gasteiger partial charge in [-0.05, 0) is 24.3 Å². The van der Waals surface area contributed by atoms with E-state index in [1.807, 2.05) is 54.6 Å². The average Bonchev–Trinajstić information content (AvgIpc) is 2.89. The van der Waals surface area contributed by atoms with Crippen molar-refractivity contribution in [3.63, 3.8) is 0 Å². The monoisotopic (exact) mass is 342 g/mol. The minimum absolute atomic E-state index is 0.268. The molecule has 0 aliphatic heterocycles. The van der Waals surface area contributed by atoms with Gasteiger partial charge < -0.3 is 0 Å². The number of nitrogens with one attached hydrogen (secondary N) is 2. The van der Waals surface area contributed by atoms with Gasteiger partial charge in [0.2, 0.25) is 0 Å². The number of nitrogens with zero attached hydrogens (tertiary/aromatic N) is 2. The molecular formula is C15H11BrN4O. The Hall–Kier alpha value is -2.47. The summed E-state index contributed by atoms with van der Waals surface area (Å²) in [6.07, 6.45) is 0. The summed E-state index contributed by atoms with van der Waals surface area (Å²) in [4.78, 5) is 11.8. The summed E-state index contributed by atoms with van der Waals surface area (Å²) in [5.74, 6) is 0. The lowest BCUT2D eigenvalue weighted by molar-refractivity contribution is 1.06. The van der Waals surface area contributed by atoms with E-state index in [0.29, 0.717) is 11.4 Å². The number of hydrogen-bond donors (Lipinski definition) is 2. The molecule has 0 amide bonds. The maximum absolute atomic E-state index is 11.8. The van der Waals surface area contributed by atoms with E-state index >= 15 is 0 Å². The lowest BCUT2D eigenvalue weighted by atomic mass is 10.1. The Morgan fingerprint density at radius 1 is 0.857 bits per heavy atom. The first-order chi connectivity index (χ1) is 10.2. The van der Waals surface area contributed by atoms with Crippen molar-refractivity contribution in [3.8, 4) is 11.3 Å². The van der Waals surface area contributed by atoms with Crippen LogP contribution in [0.15, 0.2) is 74.1 Å². The predicted octanol–water partition coefficient (Wildman–Crippen LogP) is 4.55. The second-order valence-electron chi connectivity index (χ2n) is 4.35. The van der Waals surface area contributed by atoms with Crippen molar-refractivity contribution in [3.05, 3.63) is 69.4 Å². The van der Waals surface area contributed by atoms with Crippen LogP contribution in [0.3, 0.4) is 0 Å². The molecule has 0 saturated heterocycles. The van der Waals surface area contributed by atoms with Crippen LogP contribution in [0.4, 0.5) is 11.4 Å². The molecule has 3 rings (SSSR count). The lowest BCUT2D eigenvalue weighted by Gasteiger charge is -1.97. The normalized spacial score (nSPS) is 11.1. The van der Waals surface area contributed by atoms with Gasteiger partial charge in [-0.3, -0.25) is 15.0 Å². The van der Waals surface area contributed by atoms with Crippen molar-refractivity contribution in [2.24, 2.45) is 10.2 Å². The fraction of sp³-hybridized carbons (Fsp3) is 0. The summed E-state index contributed by atoms with van der Waals surface area (Å²) in [5.41, 5.74) is 2.15. The molecule has 0 atom stereocenters. The molecule has 1 aromatic heterocycles. The third-order valence-electron chi connectivity index (χ3n) is 2.91. The van der Waals surface area contributed by atoms with Crippen LogP contribution in [0.5, 0.6) is 0 Å². The van der Waals surface area contributed by atoms with E-state index in [9.17, 15) is 4.79 Å². The van der Waals surface area contributed by atoms with Gasteiger partial charge in [0.25, 0.3) is 5.56 Å². The standard InChI is InChI=1S/C15H11BrN4O/c16-11-6-8-12(9-7-11)17-19-14-13(18-20-15(14)21)10-4-2-1-3-5-10/h1-9H,(H2,18,20,21). The zero-order valence-corrected chi connectivity index (χ0v) is 12.5. The smallest absolute Gasteiger partial charge is 0.292 e. The number of azo groups is 1. The van der Waals surface area contributed by atoms with Crippen molar-refractivity contribution in [2.75, 3.05) is 0 Å². The average molecular weight is 343 g/mol. The molecule has 0 aliphatic rings. The van der Waals surface area contributed by atoms with Crippen LogP contribution in [0.1, 0.15) is 0 Å². The van der Waals surface area contributed by atoms with Gasteiger partial charge in [-0.2, -0.15) is 5.11 Å². The maximum atomic E-state index is 11.8. The third-order valence-corrected chi connectivity index (χ3v) is 3.44. The summed E-state index contributed by atoms with van der Waals surface area (Å²) < 4.78 is 0.964. The molecular weight excluding hydrogens is 332 g/mol. The van der Waals surface area contributed by atoms with Crippen LogP contribution >= 0.6 is 15.9 Å². The molecule has 0 aliphatic carbocycles. The number of aromatic nitrogens is 2. The van der Waals surface area contributed by atoms with Crippen LogP contribution in [0.2, 0.25) is 0 Å². The van der Waals surface area contributed by atoms with Crippen molar-refractivity contribution in [1.29, 1.82) is 0 Å². The van der Waals surface area contributed by atoms with Crippen molar-refractivity contribution < 1.29 is 0 Å². The van der Waals surface area contributed by atoms with E-state index < -0.39 is 0 Å². The van der Waals surface area contributed by atoms with Gasteiger partial charge in [-0.25, -0.2) is 0 Å². The lowest BCUT2D eigenvalue weighted by Crippen LogP contribution is -1.96. The molecule has 1 heterocycles. The Morgan fingerprint density at radius 2 is 1.57 bits per heavy atom. The highest BCUT2D eigenvalue weighted by atomic mass is 79.9. The summed E-state index contributed by atoms with van der Waals surface area (Å²) in [5, 5.41) is 13.6. The molecule has 3 aromatic rings. The van der Waals surface area contributed by atoms with Crippen molar-refractivity contribution >= 4 is 27.3 Å². The van der Waals surface area contributed by atoms with E-state index in [-0.39, 0.29) is 11.2 Å². The molecule has 5 nitrogen and oxygen atoms in total. The highest BCUT2D eigenvalue weighted by Gasteiger charge is 2.10. The first-order valence-corrected chi connectivity index (χ1v) is 7.07. The number of rotatable bonds is 3. The van der Waals surface area contributed by atoms with Gasteiger partial charge in [0.1, 0.15) is 0 Å². The minimum atomic E-state index is -0.297. The molecule has 0 spiro atoms. The number of benzene rings is 2. The molecule has 0 fully saturated rings. The number of hydrogen-bond acceptors (Lipinski definition) is 3. The highest BCUT2D eigenvalue weighted by Crippen LogP contribution is 2.26. The molecule has 0 radical (unpaired) electrons. The minimum Gasteiger partial charge on any atom is -0.295 e. The van der Waals surface area contributed by atoms with Gasteiger partial charge in [0.05, 0.1) is 11.4 Å². The third kappa shape index (κ3) is 3.00. The topological polar surface area (TPSA) is 73.4 Å². The fourth-order valence-corrected chi connectivity index (χ4v) is 2.14. The Bertz CT molecular complexity index is 819. The van der Waals surface area contributed by atoms with Crippen molar-refractivity contribution in [2.45, 2.75) is 0 Å². The molecule has 2 aromatic carbocycles. The summed E-state index contributed by atoms with van der Waals surface area (Å²) in [6, 6.07) is 16.9. The first-order valence-electron chi connectivity index (χ1n) is 6.27. The Labute approximate surface area is 128 Å². The first kappa shape index (κ1) is 13.5. The maximum Gasteiger partial charge on any atom is 0.292 e. The molecule has 104 valence electrons. The van der Waals surface area contributed by atoms with Crippen LogP contribution < -0.4 is 5.56 Å². The fourth-order valence-electron chi connectivity index (χ4n) is 1.88. The SMILES string of the molecule is O=c1[nH][nH]c(-c2ccccc2)c1N=Nc1ccc(Br)cc1. The molecule has 0 bridgehead atoms. The van der Waals surface area contributed by atoms with Crippen LogP contribution in [0.25, 0.3) is 11.3 Å². The van der Waals surface area contributed by atoms with Gasteiger partial charge >= 0.3 is 0 Å². The quantitative estimate of drug-likeness (QED) is 0.673. The van der Waals surface area contributed by atoms with Crippen LogP contribution in [-0.2, 0) is 0 Å². The Balaban J connectivity index is 1.98. The second-order valence-corrected chi connectivity index (χ2v) is 5.26. The number of H-pyrrole nitrogens is 2. The summed E-state index contributed by atoms with van der Waals surface area (Å²) in [7, 11) is 0. The van der Waals surface area contributed by atoms with E-state index in [1.165, 1.54) is 0 Å². The van der Waals surface area contributed by atoms with Gasteiger partial charge in [0, 0.05) is 10.0 Å². The van der Waals surface area contributed by atoms with E-state index in [4.69, 9.17) is 0 Å². The summed E-state index contributed by atoms with van der Waals surface area (Å²) in [6.45, 7) is 0. The van der Waals surface area contributed by atoms with Crippen molar-refractivity contribution in [1.82, 2.24) is 10.2 Å². The molecule has 21 heavy (non-hydrogen) atoms. The Morgan fingerprint density at radius 3 is 2.29 bits per heavy atom. The van der Waals surface area contributed by atoms with Gasteiger partial charge in [0.15, 0.2) is 5.69 Å². The summed E-state index contributed by atoms with van der Waals surface area (Å²) >= 11 is 3.36. The van der Waals surface area contributed by atoms with E-state index in [0.717, 1.165) is 10.0 Å². The van der Waals surface area contributed by atoms with E-state index in [1.54, 1.807) is 0 Å². The number of halogens is 1. The zero-order valence-electron chi connectivity index (χ0n) is 10.9. The zero-order chi connectivity index (χ0) is 14.7. The largest absolute Gasteiger partial charge is 0.295 e. The Kier molecular flexibility index (Phi) is 3.79. The molecule has 2 N–H and O–H groups in total. The predicted molar refractivity (Wildman–Crippen MR) is 85.2 cm³/mol. The highest BCUT2D eigenvalue weighted by molar-refractivity contribution is 9.10. The molecule has 6 heteroatoms. The molecule has 0 unspecified atom stereocenters. The van der Waals surface area contributed by atoms with E-state index in [2.05, 4.69) is 36.4 Å².